The average molecular weight is 365 g/mol. The summed E-state index contributed by atoms with van der Waals surface area (Å²) in [6.07, 6.45) is -1.67. The molecular formula is C19H27NO6. The van der Waals surface area contributed by atoms with Crippen molar-refractivity contribution in [3.8, 4) is 0 Å². The fraction of sp³-hybridized carbons (Fsp3) is 0.526. The number of benzene rings is 1. The van der Waals surface area contributed by atoms with Crippen molar-refractivity contribution >= 4 is 23.7 Å². The van der Waals surface area contributed by atoms with E-state index in [1.165, 1.54) is 0 Å². The third-order valence-electron chi connectivity index (χ3n) is 3.68. The van der Waals surface area contributed by atoms with Crippen molar-refractivity contribution in [3.05, 3.63) is 29.8 Å². The number of anilines is 1. The Bertz CT molecular complexity index is 623. The number of carboxylic acids is 1. The highest BCUT2D eigenvalue weighted by atomic mass is 16.7. The van der Waals surface area contributed by atoms with Crippen molar-refractivity contribution in [2.75, 3.05) is 5.32 Å². The second kappa shape index (κ2) is 9.79. The topological polar surface area (TPSA) is 102 Å². The van der Waals surface area contributed by atoms with Crippen LogP contribution in [0.1, 0.15) is 52.5 Å². The number of hydrogen-bond acceptors (Lipinski definition) is 5. The van der Waals surface area contributed by atoms with E-state index < -0.39 is 24.3 Å². The van der Waals surface area contributed by atoms with Crippen LogP contribution >= 0.6 is 0 Å². The Morgan fingerprint density at radius 2 is 1.58 bits per heavy atom. The van der Waals surface area contributed by atoms with Crippen molar-refractivity contribution in [1.82, 2.24) is 0 Å². The predicted octanol–water partition coefficient (Wildman–Crippen LogP) is 3.99. The summed E-state index contributed by atoms with van der Waals surface area (Å²) in [4.78, 5) is 34.5. The van der Waals surface area contributed by atoms with Gasteiger partial charge in [-0.25, -0.2) is 4.79 Å². The summed E-state index contributed by atoms with van der Waals surface area (Å²) in [5, 5.41) is 11.4. The van der Waals surface area contributed by atoms with E-state index in [1.807, 2.05) is 6.92 Å². The molecule has 0 fully saturated rings. The van der Waals surface area contributed by atoms with Crippen molar-refractivity contribution in [2.24, 2.45) is 11.8 Å². The van der Waals surface area contributed by atoms with E-state index in [2.05, 4.69) is 5.32 Å². The molecule has 144 valence electrons. The molecule has 0 aliphatic carbocycles. The first kappa shape index (κ1) is 21.5. The monoisotopic (exact) mass is 365 g/mol. The molecule has 0 bridgehead atoms. The van der Waals surface area contributed by atoms with Crippen molar-refractivity contribution in [2.45, 2.75) is 53.2 Å². The number of ether oxygens (including phenoxy) is 2. The van der Waals surface area contributed by atoms with Gasteiger partial charge in [0, 0.05) is 11.6 Å². The van der Waals surface area contributed by atoms with E-state index in [0.29, 0.717) is 5.69 Å². The van der Waals surface area contributed by atoms with Crippen LogP contribution in [-0.2, 0) is 19.1 Å². The Balaban J connectivity index is 2.65. The Morgan fingerprint density at radius 3 is 2.04 bits per heavy atom. The zero-order valence-electron chi connectivity index (χ0n) is 15.8. The first-order valence-corrected chi connectivity index (χ1v) is 8.60. The van der Waals surface area contributed by atoms with Gasteiger partial charge >= 0.3 is 18.0 Å². The van der Waals surface area contributed by atoms with Crippen molar-refractivity contribution in [1.29, 1.82) is 0 Å². The lowest BCUT2D eigenvalue weighted by atomic mass is 9.98. The molecule has 0 aliphatic heterocycles. The molecule has 1 aromatic rings. The molecule has 1 aromatic carbocycles. The molecule has 2 atom stereocenters. The van der Waals surface area contributed by atoms with Crippen LogP contribution in [0.2, 0.25) is 0 Å². The highest BCUT2D eigenvalue weighted by Crippen LogP contribution is 2.21. The van der Waals surface area contributed by atoms with E-state index in [0.717, 1.165) is 5.56 Å². The normalized spacial score (nSPS) is 13.2. The van der Waals surface area contributed by atoms with Gasteiger partial charge in [-0.15, -0.1) is 0 Å². The second-order valence-electron chi connectivity index (χ2n) is 6.86. The average Bonchev–Trinajstić information content (AvgIpc) is 2.53. The number of carbonyl (C=O) groups excluding carboxylic acids is 2. The van der Waals surface area contributed by atoms with Gasteiger partial charge in [0.1, 0.15) is 0 Å². The lowest BCUT2D eigenvalue weighted by molar-refractivity contribution is -0.177. The minimum atomic E-state index is -0.972. The summed E-state index contributed by atoms with van der Waals surface area (Å²) in [7, 11) is 0. The smallest absolute Gasteiger partial charge is 0.414 e. The first-order chi connectivity index (χ1) is 12.1. The highest BCUT2D eigenvalue weighted by molar-refractivity contribution is 5.84. The van der Waals surface area contributed by atoms with Crippen molar-refractivity contribution < 1.29 is 29.0 Å². The quantitative estimate of drug-likeness (QED) is 0.533. The molecule has 0 spiro atoms. The molecule has 0 aromatic heterocycles. The fourth-order valence-corrected chi connectivity index (χ4v) is 2.07. The molecule has 0 unspecified atom stereocenters. The summed E-state index contributed by atoms with van der Waals surface area (Å²) in [5.41, 5.74) is 1.36. The molecule has 26 heavy (non-hydrogen) atoms. The Hall–Kier alpha value is -2.57. The van der Waals surface area contributed by atoms with Gasteiger partial charge in [-0.1, -0.05) is 46.8 Å². The number of esters is 1. The number of nitrogens with one attached hydrogen (secondary N) is 1. The maximum Gasteiger partial charge on any atom is 0.414 e. The van der Waals surface area contributed by atoms with Gasteiger partial charge in [0.25, 0.3) is 6.29 Å². The van der Waals surface area contributed by atoms with Crippen LogP contribution in [-0.4, -0.2) is 29.4 Å². The van der Waals surface area contributed by atoms with Crippen LogP contribution in [0.3, 0.4) is 0 Å². The lowest BCUT2D eigenvalue weighted by Gasteiger charge is -2.22. The minimum absolute atomic E-state index is 0.0338. The van der Waals surface area contributed by atoms with Crippen LogP contribution in [0.15, 0.2) is 24.3 Å². The highest BCUT2D eigenvalue weighted by Gasteiger charge is 2.24. The van der Waals surface area contributed by atoms with Gasteiger partial charge in [-0.2, -0.15) is 0 Å². The second-order valence-corrected chi connectivity index (χ2v) is 6.86. The minimum Gasteiger partial charge on any atom is -0.481 e. The van der Waals surface area contributed by atoms with Crippen LogP contribution in [0.25, 0.3) is 0 Å². The Kier molecular flexibility index (Phi) is 8.09. The van der Waals surface area contributed by atoms with Crippen LogP contribution < -0.4 is 5.32 Å². The van der Waals surface area contributed by atoms with Crippen LogP contribution in [0.4, 0.5) is 10.5 Å². The van der Waals surface area contributed by atoms with E-state index in [1.54, 1.807) is 52.0 Å². The van der Waals surface area contributed by atoms with Gasteiger partial charge in [-0.05, 0) is 23.6 Å². The molecule has 0 saturated carbocycles. The molecule has 7 nitrogen and oxygen atoms in total. The predicted molar refractivity (Wildman–Crippen MR) is 96.8 cm³/mol. The Labute approximate surface area is 153 Å². The molecule has 2 N–H and O–H groups in total. The third kappa shape index (κ3) is 7.13. The lowest BCUT2D eigenvalue weighted by Crippen LogP contribution is -2.32. The molecule has 0 heterocycles. The molecule has 7 heteroatoms. The maximum absolute atomic E-state index is 12.0. The number of carbonyl (C=O) groups is 3. The van der Waals surface area contributed by atoms with Gasteiger partial charge < -0.3 is 14.6 Å². The van der Waals surface area contributed by atoms with Crippen LogP contribution in [0, 0.1) is 11.8 Å². The van der Waals surface area contributed by atoms with Gasteiger partial charge in [0.2, 0.25) is 0 Å². The summed E-state index contributed by atoms with van der Waals surface area (Å²) >= 11 is 0. The molecule has 0 aliphatic rings. The molecule has 1 amide bonds. The van der Waals surface area contributed by atoms with E-state index in [9.17, 15) is 14.4 Å². The van der Waals surface area contributed by atoms with Crippen LogP contribution in [0.5, 0.6) is 0 Å². The summed E-state index contributed by atoms with van der Waals surface area (Å²) < 4.78 is 10.4. The van der Waals surface area contributed by atoms with Crippen molar-refractivity contribution in [3.63, 3.8) is 0 Å². The largest absolute Gasteiger partial charge is 0.481 e. The number of amides is 1. The summed E-state index contributed by atoms with van der Waals surface area (Å²) in [6.45, 7) is 8.79. The first-order valence-electron chi connectivity index (χ1n) is 8.60. The molecule has 1 rings (SSSR count). The van der Waals surface area contributed by atoms with E-state index >= 15 is 0 Å². The molecule has 0 saturated heterocycles. The summed E-state index contributed by atoms with van der Waals surface area (Å²) in [5.74, 6) is -1.94. The molecular weight excluding hydrogens is 338 g/mol. The third-order valence-corrected chi connectivity index (χ3v) is 3.68. The van der Waals surface area contributed by atoms with Gasteiger partial charge in [-0.3, -0.25) is 14.9 Å². The standard InChI is InChI=1S/C19H27NO6/c1-11(2)17(23)25-18(12(3)4)26-19(24)20-15-8-6-14(7-9-15)13(5)10-16(21)22/h6-9,11-13,18H,10H2,1-5H3,(H,20,24)(H,21,22)/t13-,18-/m1/s1. The summed E-state index contributed by atoms with van der Waals surface area (Å²) in [6, 6.07) is 6.84. The number of carboxylic acid groups (broad SMARTS) is 1. The zero-order chi connectivity index (χ0) is 19.9. The van der Waals surface area contributed by atoms with E-state index in [-0.39, 0.29) is 24.2 Å². The molecule has 0 radical (unpaired) electrons. The van der Waals surface area contributed by atoms with Gasteiger partial charge in [0.15, 0.2) is 0 Å². The maximum atomic E-state index is 12.0. The number of aliphatic carboxylic acids is 1. The number of rotatable bonds is 8. The van der Waals surface area contributed by atoms with E-state index in [4.69, 9.17) is 14.6 Å². The van der Waals surface area contributed by atoms with Gasteiger partial charge in [0.05, 0.1) is 12.3 Å². The zero-order valence-corrected chi connectivity index (χ0v) is 15.8. The fourth-order valence-electron chi connectivity index (χ4n) is 2.07. The number of hydrogen-bond donors (Lipinski definition) is 2. The Morgan fingerprint density at radius 1 is 1.00 bits per heavy atom. The SMILES string of the molecule is CC(C)C(=O)O[C@H](OC(=O)Nc1ccc([C@H](C)CC(=O)O)cc1)C(C)C.